The first-order chi connectivity index (χ1) is 8.28. The Labute approximate surface area is 109 Å². The van der Waals surface area contributed by atoms with Crippen molar-refractivity contribution in [2.24, 2.45) is 0 Å². The minimum Gasteiger partial charge on any atom is -0.370 e. The van der Waals surface area contributed by atoms with Crippen LogP contribution in [0, 0.1) is 0 Å². The molecule has 0 bridgehead atoms. The molecule has 2 aromatic heterocycles. The van der Waals surface area contributed by atoms with Gasteiger partial charge in [0.25, 0.3) is 0 Å². The molecule has 0 atom stereocenters. The van der Waals surface area contributed by atoms with Crippen LogP contribution < -0.4 is 5.32 Å². The topological polar surface area (TPSA) is 42.7 Å². The number of rotatable bonds is 5. The average Bonchev–Trinajstić information content (AvgIpc) is 2.73. The van der Waals surface area contributed by atoms with E-state index in [-0.39, 0.29) is 0 Å². The van der Waals surface area contributed by atoms with Gasteiger partial charge in [0, 0.05) is 12.7 Å². The van der Waals surface area contributed by atoms with Crippen LogP contribution in [-0.2, 0) is 6.54 Å². The van der Waals surface area contributed by atoms with E-state index in [1.54, 1.807) is 6.20 Å². The fraction of sp³-hybridized carbons (Fsp3) is 0.333. The molecule has 1 N–H and O–H groups in total. The predicted octanol–water partition coefficient (Wildman–Crippen LogP) is 2.91. The van der Waals surface area contributed by atoms with E-state index < -0.39 is 0 Å². The third-order valence-electron chi connectivity index (χ3n) is 2.29. The molecule has 0 fully saturated rings. The van der Waals surface area contributed by atoms with Gasteiger partial charge in [-0.2, -0.15) is 5.10 Å². The number of nitrogens with one attached hydrogen (secondary N) is 1. The summed E-state index contributed by atoms with van der Waals surface area (Å²) in [7, 11) is 0. The maximum Gasteiger partial charge on any atom is 0.126 e. The Morgan fingerprint density at radius 3 is 3.00 bits per heavy atom. The quantitative estimate of drug-likeness (QED) is 0.922. The number of hydrogen-bond acceptors (Lipinski definition) is 3. The van der Waals surface area contributed by atoms with Gasteiger partial charge in [-0.05, 0) is 34.5 Å². The Morgan fingerprint density at radius 2 is 2.29 bits per heavy atom. The van der Waals surface area contributed by atoms with Gasteiger partial charge in [0.05, 0.1) is 22.9 Å². The smallest absolute Gasteiger partial charge is 0.126 e. The van der Waals surface area contributed by atoms with Gasteiger partial charge in [0.15, 0.2) is 0 Å². The van der Waals surface area contributed by atoms with Crippen LogP contribution in [0.4, 0.5) is 5.82 Å². The molecule has 2 rings (SSSR count). The zero-order valence-electron chi connectivity index (χ0n) is 9.73. The van der Waals surface area contributed by atoms with E-state index in [0.29, 0.717) is 6.54 Å². The molecule has 5 heteroatoms. The molecule has 0 radical (unpaired) electrons. The first-order valence-corrected chi connectivity index (χ1v) is 6.45. The van der Waals surface area contributed by atoms with Crippen LogP contribution in [0.5, 0.6) is 0 Å². The van der Waals surface area contributed by atoms with Gasteiger partial charge in [-0.25, -0.2) is 4.98 Å². The Kier molecular flexibility index (Phi) is 4.14. The van der Waals surface area contributed by atoms with Crippen LogP contribution in [0.1, 0.15) is 19.0 Å². The fourth-order valence-electron chi connectivity index (χ4n) is 1.51. The second kappa shape index (κ2) is 5.82. The largest absolute Gasteiger partial charge is 0.370 e. The fourth-order valence-corrected chi connectivity index (χ4v) is 1.84. The Morgan fingerprint density at radius 1 is 1.41 bits per heavy atom. The molecule has 0 aliphatic rings. The van der Waals surface area contributed by atoms with Crippen molar-refractivity contribution >= 4 is 21.7 Å². The highest BCUT2D eigenvalue weighted by molar-refractivity contribution is 9.10. The lowest BCUT2D eigenvalue weighted by atomic mass is 10.3. The lowest BCUT2D eigenvalue weighted by Crippen LogP contribution is -2.06. The maximum absolute atomic E-state index is 4.53. The standard InChI is InChI=1S/C12H15BrN4/c1-2-6-14-12-5-3-4-11(16-12)9-17-8-10(13)7-15-17/h3-5,7-8H,2,6,9H2,1H3,(H,14,16). The molecular formula is C12H15BrN4. The van der Waals surface area contributed by atoms with Crippen molar-refractivity contribution in [3.05, 3.63) is 40.8 Å². The Bertz CT molecular complexity index is 481. The van der Waals surface area contributed by atoms with Crippen molar-refractivity contribution < 1.29 is 0 Å². The highest BCUT2D eigenvalue weighted by Crippen LogP contribution is 2.09. The van der Waals surface area contributed by atoms with Gasteiger partial charge < -0.3 is 5.32 Å². The zero-order chi connectivity index (χ0) is 12.1. The van der Waals surface area contributed by atoms with E-state index in [1.165, 1.54) is 0 Å². The second-order valence-corrected chi connectivity index (χ2v) is 4.71. The van der Waals surface area contributed by atoms with E-state index in [0.717, 1.165) is 29.0 Å². The molecule has 17 heavy (non-hydrogen) atoms. The Hall–Kier alpha value is -1.36. The van der Waals surface area contributed by atoms with Gasteiger partial charge in [-0.1, -0.05) is 13.0 Å². The normalized spacial score (nSPS) is 10.5. The number of pyridine rings is 1. The molecule has 4 nitrogen and oxygen atoms in total. The summed E-state index contributed by atoms with van der Waals surface area (Å²) in [5, 5.41) is 7.49. The third-order valence-corrected chi connectivity index (χ3v) is 2.70. The molecule has 0 amide bonds. The molecule has 0 spiro atoms. The molecule has 0 unspecified atom stereocenters. The molecule has 0 saturated heterocycles. The summed E-state index contributed by atoms with van der Waals surface area (Å²) in [6.07, 6.45) is 4.81. The molecule has 0 aliphatic carbocycles. The summed E-state index contributed by atoms with van der Waals surface area (Å²) in [6, 6.07) is 6.00. The van der Waals surface area contributed by atoms with E-state index in [4.69, 9.17) is 0 Å². The summed E-state index contributed by atoms with van der Waals surface area (Å²) in [5.74, 6) is 0.926. The molecule has 0 aromatic carbocycles. The summed E-state index contributed by atoms with van der Waals surface area (Å²) in [6.45, 7) is 3.77. The van der Waals surface area contributed by atoms with Gasteiger partial charge in [-0.15, -0.1) is 0 Å². The highest BCUT2D eigenvalue weighted by atomic mass is 79.9. The van der Waals surface area contributed by atoms with E-state index in [1.807, 2.05) is 29.1 Å². The first-order valence-electron chi connectivity index (χ1n) is 5.65. The maximum atomic E-state index is 4.53. The van der Waals surface area contributed by atoms with Crippen molar-refractivity contribution in [1.82, 2.24) is 14.8 Å². The number of aromatic nitrogens is 3. The van der Waals surface area contributed by atoms with E-state index >= 15 is 0 Å². The summed E-state index contributed by atoms with van der Waals surface area (Å²) < 4.78 is 2.84. The van der Waals surface area contributed by atoms with Gasteiger partial charge in [-0.3, -0.25) is 4.68 Å². The van der Waals surface area contributed by atoms with Crippen LogP contribution in [0.3, 0.4) is 0 Å². The van der Waals surface area contributed by atoms with Crippen LogP contribution in [0.25, 0.3) is 0 Å². The number of anilines is 1. The van der Waals surface area contributed by atoms with Gasteiger partial charge >= 0.3 is 0 Å². The minimum absolute atomic E-state index is 0.688. The summed E-state index contributed by atoms with van der Waals surface area (Å²) in [4.78, 5) is 4.53. The second-order valence-electron chi connectivity index (χ2n) is 3.80. The highest BCUT2D eigenvalue weighted by Gasteiger charge is 2.00. The van der Waals surface area contributed by atoms with Crippen molar-refractivity contribution in [2.75, 3.05) is 11.9 Å². The molecule has 90 valence electrons. The average molecular weight is 295 g/mol. The van der Waals surface area contributed by atoms with Crippen molar-refractivity contribution in [1.29, 1.82) is 0 Å². The first kappa shape index (κ1) is 12.1. The predicted molar refractivity (Wildman–Crippen MR) is 72.0 cm³/mol. The molecule has 2 aromatic rings. The van der Waals surface area contributed by atoms with Crippen LogP contribution >= 0.6 is 15.9 Å². The monoisotopic (exact) mass is 294 g/mol. The Balaban J connectivity index is 2.05. The third kappa shape index (κ3) is 3.56. The van der Waals surface area contributed by atoms with Crippen molar-refractivity contribution in [3.63, 3.8) is 0 Å². The van der Waals surface area contributed by atoms with Crippen molar-refractivity contribution in [3.8, 4) is 0 Å². The zero-order valence-corrected chi connectivity index (χ0v) is 11.3. The van der Waals surface area contributed by atoms with E-state index in [9.17, 15) is 0 Å². The molecule has 2 heterocycles. The number of nitrogens with zero attached hydrogens (tertiary/aromatic N) is 3. The van der Waals surface area contributed by atoms with E-state index in [2.05, 4.69) is 38.3 Å². The van der Waals surface area contributed by atoms with Crippen LogP contribution in [0.15, 0.2) is 35.1 Å². The molecule has 0 saturated carbocycles. The number of halogens is 1. The SMILES string of the molecule is CCCNc1cccc(Cn2cc(Br)cn2)n1. The lowest BCUT2D eigenvalue weighted by Gasteiger charge is -2.06. The van der Waals surface area contributed by atoms with Crippen LogP contribution in [-0.4, -0.2) is 21.3 Å². The summed E-state index contributed by atoms with van der Waals surface area (Å²) in [5.41, 5.74) is 1.00. The summed E-state index contributed by atoms with van der Waals surface area (Å²) >= 11 is 3.38. The molecule has 0 aliphatic heterocycles. The number of hydrogen-bond donors (Lipinski definition) is 1. The minimum atomic E-state index is 0.688. The van der Waals surface area contributed by atoms with Crippen LogP contribution in [0.2, 0.25) is 0 Å². The molecular weight excluding hydrogens is 280 g/mol. The van der Waals surface area contributed by atoms with Gasteiger partial charge in [0.2, 0.25) is 0 Å². The van der Waals surface area contributed by atoms with Crippen molar-refractivity contribution in [2.45, 2.75) is 19.9 Å². The lowest BCUT2D eigenvalue weighted by molar-refractivity contribution is 0.673. The van der Waals surface area contributed by atoms with Gasteiger partial charge in [0.1, 0.15) is 5.82 Å².